The SMILES string of the molecule is O=C(Cl)c1nc(I)cc([N+](=O)[O-])c1OC(F)(F)F. The van der Waals surface area contributed by atoms with Gasteiger partial charge in [-0.2, -0.15) is 0 Å². The minimum absolute atomic E-state index is 0.0715. The van der Waals surface area contributed by atoms with E-state index in [0.717, 1.165) is 6.07 Å². The molecule has 0 aliphatic rings. The first kappa shape index (κ1) is 14.9. The molecule has 1 aromatic rings. The Hall–Kier alpha value is -1.17. The fourth-order valence-corrected chi connectivity index (χ4v) is 1.64. The first-order valence-corrected chi connectivity index (χ1v) is 5.38. The molecule has 0 unspecified atom stereocenters. The molecule has 0 aliphatic heterocycles. The summed E-state index contributed by atoms with van der Waals surface area (Å²) in [7, 11) is 0. The molecule has 0 spiro atoms. The van der Waals surface area contributed by atoms with E-state index in [1.807, 2.05) is 0 Å². The molecule has 0 saturated heterocycles. The van der Waals surface area contributed by atoms with Crippen LogP contribution in [0.3, 0.4) is 0 Å². The zero-order chi connectivity index (χ0) is 14.1. The molecule has 0 amide bonds. The Bertz CT molecular complexity index is 487. The highest BCUT2D eigenvalue weighted by atomic mass is 127. The van der Waals surface area contributed by atoms with E-state index in [1.165, 1.54) is 22.6 Å². The normalized spacial score (nSPS) is 11.2. The average Bonchev–Trinajstić information content (AvgIpc) is 2.17. The second-order valence-corrected chi connectivity index (χ2v) is 4.17. The Labute approximate surface area is 115 Å². The van der Waals surface area contributed by atoms with Crippen LogP contribution in [0.5, 0.6) is 5.75 Å². The van der Waals surface area contributed by atoms with Gasteiger partial charge < -0.3 is 4.74 Å². The van der Waals surface area contributed by atoms with Gasteiger partial charge in [0.05, 0.1) is 11.0 Å². The molecule has 11 heteroatoms. The fraction of sp³-hybridized carbons (Fsp3) is 0.143. The highest BCUT2D eigenvalue weighted by Crippen LogP contribution is 2.36. The van der Waals surface area contributed by atoms with E-state index in [1.54, 1.807) is 0 Å². The number of aromatic nitrogens is 1. The maximum Gasteiger partial charge on any atom is 0.573 e. The molecular weight excluding hydrogens is 395 g/mol. The molecule has 0 atom stereocenters. The number of hydrogen-bond donors (Lipinski definition) is 0. The van der Waals surface area contributed by atoms with Gasteiger partial charge in [-0.3, -0.25) is 14.9 Å². The van der Waals surface area contributed by atoms with E-state index in [2.05, 4.69) is 9.72 Å². The summed E-state index contributed by atoms with van der Waals surface area (Å²) in [4.78, 5) is 23.8. The molecule has 0 aliphatic carbocycles. The predicted octanol–water partition coefficient (Wildman–Crippen LogP) is 2.87. The molecule has 0 bridgehead atoms. The Morgan fingerprint density at radius 2 is 2.11 bits per heavy atom. The number of ether oxygens (including phenoxy) is 1. The smallest absolute Gasteiger partial charge is 0.396 e. The van der Waals surface area contributed by atoms with Gasteiger partial charge in [0, 0.05) is 0 Å². The summed E-state index contributed by atoms with van der Waals surface area (Å²) < 4.78 is 39.7. The van der Waals surface area contributed by atoms with Crippen LogP contribution in [0, 0.1) is 13.8 Å². The maximum absolute atomic E-state index is 12.1. The molecule has 6 nitrogen and oxygen atoms in total. The van der Waals surface area contributed by atoms with Crippen LogP contribution in [0.2, 0.25) is 0 Å². The van der Waals surface area contributed by atoms with Gasteiger partial charge >= 0.3 is 12.0 Å². The van der Waals surface area contributed by atoms with Gasteiger partial charge in [0.1, 0.15) is 3.70 Å². The van der Waals surface area contributed by atoms with E-state index < -0.39 is 33.7 Å². The molecule has 0 aromatic carbocycles. The van der Waals surface area contributed by atoms with Crippen molar-refractivity contribution in [1.29, 1.82) is 0 Å². The van der Waals surface area contributed by atoms with E-state index >= 15 is 0 Å². The highest BCUT2D eigenvalue weighted by molar-refractivity contribution is 14.1. The van der Waals surface area contributed by atoms with Crippen molar-refractivity contribution in [2.45, 2.75) is 6.36 Å². The van der Waals surface area contributed by atoms with Crippen LogP contribution in [-0.4, -0.2) is 21.5 Å². The first-order chi connectivity index (χ1) is 8.11. The van der Waals surface area contributed by atoms with E-state index in [9.17, 15) is 28.1 Å². The van der Waals surface area contributed by atoms with Crippen LogP contribution in [-0.2, 0) is 0 Å². The Morgan fingerprint density at radius 3 is 2.50 bits per heavy atom. The van der Waals surface area contributed by atoms with Crippen molar-refractivity contribution >= 4 is 45.1 Å². The summed E-state index contributed by atoms with van der Waals surface area (Å²) >= 11 is 6.50. The Kier molecular flexibility index (Phi) is 4.32. The number of hydrogen-bond acceptors (Lipinski definition) is 5. The summed E-state index contributed by atoms with van der Waals surface area (Å²) in [6, 6.07) is 0.727. The first-order valence-electron chi connectivity index (χ1n) is 3.92. The number of alkyl halides is 3. The van der Waals surface area contributed by atoms with Gasteiger partial charge in [-0.05, 0) is 34.2 Å². The quantitative estimate of drug-likeness (QED) is 0.258. The van der Waals surface area contributed by atoms with Crippen molar-refractivity contribution in [3.8, 4) is 5.75 Å². The number of carbonyl (C=O) groups excluding carboxylic acids is 1. The second kappa shape index (κ2) is 5.22. The Balaban J connectivity index is 3.51. The highest BCUT2D eigenvalue weighted by Gasteiger charge is 2.38. The topological polar surface area (TPSA) is 82.3 Å². The number of nitro groups is 1. The molecule has 1 rings (SSSR count). The summed E-state index contributed by atoms with van der Waals surface area (Å²) in [6.45, 7) is 0. The van der Waals surface area contributed by atoms with E-state index in [-0.39, 0.29) is 3.70 Å². The fourth-order valence-electron chi connectivity index (χ4n) is 0.975. The van der Waals surface area contributed by atoms with Crippen LogP contribution in [0.4, 0.5) is 18.9 Å². The summed E-state index contributed by atoms with van der Waals surface area (Å²) in [5.74, 6) is -1.33. The van der Waals surface area contributed by atoms with Crippen molar-refractivity contribution in [3.63, 3.8) is 0 Å². The van der Waals surface area contributed by atoms with E-state index in [0.29, 0.717) is 0 Å². The molecule has 0 fully saturated rings. The van der Waals surface area contributed by atoms with Crippen molar-refractivity contribution < 1.29 is 27.6 Å². The van der Waals surface area contributed by atoms with E-state index in [4.69, 9.17) is 11.6 Å². The molecule has 1 heterocycles. The number of pyridine rings is 1. The van der Waals surface area contributed by atoms with Crippen molar-refractivity contribution in [2.24, 2.45) is 0 Å². The van der Waals surface area contributed by atoms with Crippen LogP contribution >= 0.6 is 34.2 Å². The number of nitrogens with zero attached hydrogens (tertiary/aromatic N) is 2. The van der Waals surface area contributed by atoms with Crippen LogP contribution < -0.4 is 4.74 Å². The summed E-state index contributed by atoms with van der Waals surface area (Å²) in [5, 5.41) is 9.21. The predicted molar refractivity (Wildman–Crippen MR) is 60.5 cm³/mol. The Morgan fingerprint density at radius 1 is 1.56 bits per heavy atom. The van der Waals surface area contributed by atoms with Gasteiger partial charge in [-0.25, -0.2) is 4.98 Å². The molecule has 0 N–H and O–H groups in total. The van der Waals surface area contributed by atoms with Crippen molar-refractivity contribution in [2.75, 3.05) is 0 Å². The molecular formula is C7HClF3IN2O4. The molecule has 98 valence electrons. The van der Waals surface area contributed by atoms with Crippen LogP contribution in [0.15, 0.2) is 6.07 Å². The largest absolute Gasteiger partial charge is 0.573 e. The third kappa shape index (κ3) is 3.66. The monoisotopic (exact) mass is 396 g/mol. The lowest BCUT2D eigenvalue weighted by molar-refractivity contribution is -0.388. The van der Waals surface area contributed by atoms with Gasteiger partial charge in [0.25, 0.3) is 5.24 Å². The molecule has 18 heavy (non-hydrogen) atoms. The summed E-state index contributed by atoms with van der Waals surface area (Å²) in [6.07, 6.45) is -5.21. The lowest BCUT2D eigenvalue weighted by Gasteiger charge is -2.11. The number of halogens is 5. The minimum Gasteiger partial charge on any atom is -0.396 e. The van der Waals surface area contributed by atoms with Gasteiger partial charge in [-0.1, -0.05) is 0 Å². The number of carbonyl (C=O) groups is 1. The maximum atomic E-state index is 12.1. The lowest BCUT2D eigenvalue weighted by Crippen LogP contribution is -2.20. The second-order valence-electron chi connectivity index (χ2n) is 2.72. The number of rotatable bonds is 3. The van der Waals surface area contributed by atoms with Crippen LogP contribution in [0.1, 0.15) is 10.5 Å². The third-order valence-corrected chi connectivity index (χ3v) is 2.25. The van der Waals surface area contributed by atoms with Gasteiger partial charge in [-0.15, -0.1) is 13.2 Å². The minimum atomic E-state index is -5.21. The van der Waals surface area contributed by atoms with Crippen LogP contribution in [0.25, 0.3) is 0 Å². The van der Waals surface area contributed by atoms with Gasteiger partial charge in [0.15, 0.2) is 5.69 Å². The standard InChI is InChI=1S/C7HClF3IN2O4/c8-6(15)4-5(18-7(9,10)11)2(14(16)17)1-3(12)13-4/h1H. The lowest BCUT2D eigenvalue weighted by atomic mass is 10.3. The zero-order valence-corrected chi connectivity index (χ0v) is 10.9. The van der Waals surface area contributed by atoms with Crippen molar-refractivity contribution in [3.05, 3.63) is 25.6 Å². The van der Waals surface area contributed by atoms with Crippen molar-refractivity contribution in [1.82, 2.24) is 4.98 Å². The van der Waals surface area contributed by atoms with Gasteiger partial charge in [0.2, 0.25) is 5.75 Å². The summed E-state index contributed by atoms with van der Waals surface area (Å²) in [5.41, 5.74) is -2.01. The molecule has 0 radical (unpaired) electrons. The average molecular weight is 396 g/mol. The molecule has 1 aromatic heterocycles. The third-order valence-electron chi connectivity index (χ3n) is 1.52. The molecule has 0 saturated carbocycles. The zero-order valence-electron chi connectivity index (χ0n) is 7.99.